The average Bonchev–Trinajstić information content (AvgIpc) is 2.89. The molecular weight excluding hydrogens is 264 g/mol. The monoisotopic (exact) mass is 280 g/mol. The smallest absolute Gasteiger partial charge is 0.260 e. The molecule has 0 radical (unpaired) electrons. The first-order valence-electron chi connectivity index (χ1n) is 6.44. The lowest BCUT2D eigenvalue weighted by atomic mass is 10.2. The third kappa shape index (κ3) is 4.91. The zero-order valence-electron chi connectivity index (χ0n) is 10.6. The van der Waals surface area contributed by atoms with Crippen molar-refractivity contribution in [1.29, 1.82) is 0 Å². The van der Waals surface area contributed by atoms with Crippen molar-refractivity contribution in [3.8, 4) is 0 Å². The zero-order valence-corrected chi connectivity index (χ0v) is 11.4. The fourth-order valence-electron chi connectivity index (χ4n) is 2.08. The van der Waals surface area contributed by atoms with Crippen molar-refractivity contribution in [3.05, 3.63) is 34.9 Å². The van der Waals surface area contributed by atoms with E-state index in [9.17, 15) is 4.79 Å². The molecule has 0 aliphatic heterocycles. The summed E-state index contributed by atoms with van der Waals surface area (Å²) in [7, 11) is 0. The molecule has 1 aliphatic carbocycles. The second-order valence-electron chi connectivity index (χ2n) is 4.61. The molecule has 0 unspecified atom stereocenters. The van der Waals surface area contributed by atoms with Crippen LogP contribution in [0.4, 0.5) is 0 Å². The first-order chi connectivity index (χ1) is 9.24. The fourth-order valence-corrected chi connectivity index (χ4v) is 2.21. The lowest BCUT2D eigenvalue weighted by Gasteiger charge is -2.10. The van der Waals surface area contributed by atoms with Crippen LogP contribution in [0.5, 0.6) is 0 Å². The van der Waals surface area contributed by atoms with Gasteiger partial charge in [0.05, 0.1) is 6.21 Å². The normalized spacial score (nSPS) is 15.8. The van der Waals surface area contributed by atoms with E-state index in [1.54, 1.807) is 18.3 Å². The van der Waals surface area contributed by atoms with Crippen molar-refractivity contribution in [2.24, 2.45) is 5.16 Å². The molecule has 1 amide bonds. The van der Waals surface area contributed by atoms with Crippen LogP contribution in [0.1, 0.15) is 31.2 Å². The van der Waals surface area contributed by atoms with Gasteiger partial charge in [0.1, 0.15) is 0 Å². The van der Waals surface area contributed by atoms with Gasteiger partial charge in [-0.2, -0.15) is 0 Å². The Bertz CT molecular complexity index is 439. The summed E-state index contributed by atoms with van der Waals surface area (Å²) in [6.45, 7) is -0.0411. The van der Waals surface area contributed by atoms with Gasteiger partial charge in [-0.15, -0.1) is 0 Å². The first kappa shape index (κ1) is 13.9. The molecule has 19 heavy (non-hydrogen) atoms. The van der Waals surface area contributed by atoms with Gasteiger partial charge in [0, 0.05) is 11.1 Å². The quantitative estimate of drug-likeness (QED) is 0.666. The molecule has 0 bridgehead atoms. The molecule has 2 rings (SSSR count). The maximum absolute atomic E-state index is 11.5. The Balaban J connectivity index is 1.67. The highest BCUT2D eigenvalue weighted by Gasteiger charge is 2.16. The zero-order chi connectivity index (χ0) is 13.5. The number of hydrogen-bond donors (Lipinski definition) is 1. The van der Waals surface area contributed by atoms with E-state index in [0.29, 0.717) is 11.1 Å². The second kappa shape index (κ2) is 7.14. The lowest BCUT2D eigenvalue weighted by Crippen LogP contribution is -2.34. The summed E-state index contributed by atoms with van der Waals surface area (Å²) < 4.78 is 0. The molecule has 102 valence electrons. The highest BCUT2D eigenvalue weighted by Crippen LogP contribution is 2.17. The molecule has 1 N–H and O–H groups in total. The molecule has 1 fully saturated rings. The van der Waals surface area contributed by atoms with Crippen LogP contribution in [-0.4, -0.2) is 24.8 Å². The molecular formula is C14H17ClN2O2. The van der Waals surface area contributed by atoms with Crippen molar-refractivity contribution >= 4 is 23.7 Å². The van der Waals surface area contributed by atoms with Crippen molar-refractivity contribution < 1.29 is 9.63 Å². The Morgan fingerprint density at radius 2 is 2.05 bits per heavy atom. The number of halogens is 1. The fraction of sp³-hybridized carbons (Fsp3) is 0.429. The topological polar surface area (TPSA) is 50.7 Å². The average molecular weight is 281 g/mol. The van der Waals surface area contributed by atoms with E-state index in [1.165, 1.54) is 12.8 Å². The van der Waals surface area contributed by atoms with Crippen molar-refractivity contribution in [2.75, 3.05) is 6.61 Å². The molecule has 0 atom stereocenters. The van der Waals surface area contributed by atoms with E-state index in [0.717, 1.165) is 18.4 Å². The van der Waals surface area contributed by atoms with Crippen LogP contribution in [0.25, 0.3) is 0 Å². The van der Waals surface area contributed by atoms with Gasteiger partial charge in [-0.3, -0.25) is 4.79 Å². The summed E-state index contributed by atoms with van der Waals surface area (Å²) in [5.74, 6) is -0.111. The van der Waals surface area contributed by atoms with E-state index in [4.69, 9.17) is 16.4 Å². The van der Waals surface area contributed by atoms with E-state index in [2.05, 4.69) is 10.5 Å². The summed E-state index contributed by atoms with van der Waals surface area (Å²) in [6.07, 6.45) is 6.08. The summed E-state index contributed by atoms with van der Waals surface area (Å²) >= 11 is 5.77. The Hall–Kier alpha value is -1.55. The largest absolute Gasteiger partial charge is 0.386 e. The van der Waals surface area contributed by atoms with Crippen molar-refractivity contribution in [2.45, 2.75) is 31.7 Å². The maximum atomic E-state index is 11.5. The number of rotatable bonds is 5. The third-order valence-electron chi connectivity index (χ3n) is 3.06. The Kier molecular flexibility index (Phi) is 5.21. The Morgan fingerprint density at radius 1 is 1.37 bits per heavy atom. The molecule has 4 nitrogen and oxygen atoms in total. The third-order valence-corrected chi connectivity index (χ3v) is 3.31. The van der Waals surface area contributed by atoms with E-state index in [1.807, 2.05) is 12.1 Å². The molecule has 1 aromatic rings. The lowest BCUT2D eigenvalue weighted by molar-refractivity contribution is -0.126. The number of oxime groups is 1. The van der Waals surface area contributed by atoms with Crippen LogP contribution in [-0.2, 0) is 9.63 Å². The van der Waals surface area contributed by atoms with E-state index < -0.39 is 0 Å². The van der Waals surface area contributed by atoms with Gasteiger partial charge in [0.2, 0.25) is 0 Å². The highest BCUT2D eigenvalue weighted by atomic mass is 35.5. The van der Waals surface area contributed by atoms with Gasteiger partial charge in [-0.25, -0.2) is 0 Å². The van der Waals surface area contributed by atoms with Crippen LogP contribution in [0.2, 0.25) is 5.02 Å². The minimum absolute atomic E-state index is 0.0411. The van der Waals surface area contributed by atoms with Crippen LogP contribution in [0, 0.1) is 0 Å². The number of nitrogens with zero attached hydrogens (tertiary/aromatic N) is 1. The van der Waals surface area contributed by atoms with Crippen molar-refractivity contribution in [3.63, 3.8) is 0 Å². The SMILES string of the molecule is O=C(CO/N=C\c1ccc(Cl)cc1)NC1CCCC1. The van der Waals surface area contributed by atoms with Crippen LogP contribution in [0.3, 0.4) is 0 Å². The van der Waals surface area contributed by atoms with E-state index in [-0.39, 0.29) is 12.5 Å². The molecule has 0 aromatic heterocycles. The first-order valence-corrected chi connectivity index (χ1v) is 6.82. The molecule has 0 spiro atoms. The molecule has 1 saturated carbocycles. The number of amides is 1. The minimum Gasteiger partial charge on any atom is -0.386 e. The van der Waals surface area contributed by atoms with Gasteiger partial charge < -0.3 is 10.2 Å². The van der Waals surface area contributed by atoms with Crippen molar-refractivity contribution in [1.82, 2.24) is 5.32 Å². The number of nitrogens with one attached hydrogen (secondary N) is 1. The second-order valence-corrected chi connectivity index (χ2v) is 5.04. The number of carbonyl (C=O) groups is 1. The summed E-state index contributed by atoms with van der Waals surface area (Å²) in [6, 6.07) is 7.52. The molecule has 0 heterocycles. The van der Waals surface area contributed by atoms with E-state index >= 15 is 0 Å². The number of benzene rings is 1. The summed E-state index contributed by atoms with van der Waals surface area (Å²) in [5, 5.41) is 7.36. The predicted octanol–water partition coefficient (Wildman–Crippen LogP) is 2.75. The van der Waals surface area contributed by atoms with Crippen LogP contribution < -0.4 is 5.32 Å². The van der Waals surface area contributed by atoms with Gasteiger partial charge in [0.25, 0.3) is 5.91 Å². The molecule has 0 saturated heterocycles. The highest BCUT2D eigenvalue weighted by molar-refractivity contribution is 6.30. The maximum Gasteiger partial charge on any atom is 0.260 e. The van der Waals surface area contributed by atoms with Crippen LogP contribution >= 0.6 is 11.6 Å². The van der Waals surface area contributed by atoms with Crippen LogP contribution in [0.15, 0.2) is 29.4 Å². The van der Waals surface area contributed by atoms with Gasteiger partial charge >= 0.3 is 0 Å². The van der Waals surface area contributed by atoms with Gasteiger partial charge in [0.15, 0.2) is 6.61 Å². The standard InChI is InChI=1S/C14H17ClN2O2/c15-12-7-5-11(6-8-12)9-16-19-10-14(18)17-13-3-1-2-4-13/h5-9,13H,1-4,10H2,(H,17,18)/b16-9-. The molecule has 1 aromatic carbocycles. The van der Waals surface area contributed by atoms with Gasteiger partial charge in [-0.1, -0.05) is 41.7 Å². The number of hydrogen-bond acceptors (Lipinski definition) is 3. The Morgan fingerprint density at radius 3 is 2.74 bits per heavy atom. The minimum atomic E-state index is -0.111. The summed E-state index contributed by atoms with van der Waals surface area (Å²) in [5.41, 5.74) is 0.876. The summed E-state index contributed by atoms with van der Waals surface area (Å²) in [4.78, 5) is 16.5. The predicted molar refractivity (Wildman–Crippen MR) is 75.4 cm³/mol. The molecule has 5 heteroatoms. The molecule has 1 aliphatic rings. The number of carbonyl (C=O) groups excluding carboxylic acids is 1. The van der Waals surface area contributed by atoms with Gasteiger partial charge in [-0.05, 0) is 30.5 Å². The Labute approximate surface area is 117 Å².